The Balaban J connectivity index is 1.48. The number of carbonyl (C=O) groups excluding carboxylic acids is 3. The Labute approximate surface area is 163 Å². The highest BCUT2D eigenvalue weighted by Crippen LogP contribution is 2.32. The molecule has 10 heteroatoms. The first-order valence-electron chi connectivity index (χ1n) is 8.30. The van der Waals surface area contributed by atoms with E-state index >= 15 is 0 Å². The summed E-state index contributed by atoms with van der Waals surface area (Å²) in [4.78, 5) is 38.7. The molecular weight excluding hydrogens is 389 g/mol. The van der Waals surface area contributed by atoms with Crippen LogP contribution in [0.5, 0.6) is 0 Å². The molecule has 2 heterocycles. The van der Waals surface area contributed by atoms with Crippen molar-refractivity contribution in [2.75, 3.05) is 16.8 Å². The average molecular weight is 402 g/mol. The molecule has 1 N–H and O–H groups in total. The van der Waals surface area contributed by atoms with E-state index in [0.717, 1.165) is 4.90 Å². The molecule has 2 aliphatic heterocycles. The number of anilines is 2. The number of hydrogen-bond acceptors (Lipinski definition) is 6. The summed E-state index contributed by atoms with van der Waals surface area (Å²) in [7, 11) is 0. The van der Waals surface area contributed by atoms with Crippen LogP contribution in [0.2, 0.25) is 5.02 Å². The van der Waals surface area contributed by atoms with Crippen LogP contribution in [0.4, 0.5) is 15.8 Å². The van der Waals surface area contributed by atoms with Gasteiger partial charge in [-0.15, -0.1) is 0 Å². The van der Waals surface area contributed by atoms with E-state index in [-0.39, 0.29) is 6.54 Å². The first-order valence-corrected chi connectivity index (χ1v) is 8.68. The van der Waals surface area contributed by atoms with Crippen molar-refractivity contribution in [3.8, 4) is 0 Å². The van der Waals surface area contributed by atoms with Gasteiger partial charge in [0.25, 0.3) is 11.8 Å². The van der Waals surface area contributed by atoms with E-state index in [1.165, 1.54) is 29.3 Å². The van der Waals surface area contributed by atoms with Gasteiger partial charge in [-0.2, -0.15) is 5.11 Å². The van der Waals surface area contributed by atoms with Gasteiger partial charge < -0.3 is 5.32 Å². The molecule has 1 fully saturated rings. The molecule has 0 unspecified atom stereocenters. The summed E-state index contributed by atoms with van der Waals surface area (Å²) < 4.78 is 12.9. The van der Waals surface area contributed by atoms with E-state index in [1.54, 1.807) is 24.3 Å². The van der Waals surface area contributed by atoms with Gasteiger partial charge >= 0.3 is 0 Å². The zero-order valence-electron chi connectivity index (χ0n) is 14.3. The first-order chi connectivity index (χ1) is 13.4. The van der Waals surface area contributed by atoms with Crippen molar-refractivity contribution in [1.82, 2.24) is 5.01 Å². The van der Waals surface area contributed by atoms with Crippen LogP contribution in [0.3, 0.4) is 0 Å². The Bertz CT molecular complexity index is 980. The summed E-state index contributed by atoms with van der Waals surface area (Å²) in [6, 6.07) is 9.52. The largest absolute Gasteiger partial charge is 0.324 e. The lowest BCUT2D eigenvalue weighted by Gasteiger charge is -2.20. The normalized spacial score (nSPS) is 20.6. The zero-order valence-corrected chi connectivity index (χ0v) is 15.0. The molecular formula is C18H13ClFN5O3. The predicted octanol–water partition coefficient (Wildman–Crippen LogP) is 2.41. The molecule has 0 spiro atoms. The maximum atomic E-state index is 12.9. The Kier molecular flexibility index (Phi) is 4.52. The fourth-order valence-corrected chi connectivity index (χ4v) is 3.21. The number of carbonyl (C=O) groups is 3. The molecule has 4 rings (SSSR count). The van der Waals surface area contributed by atoms with Crippen molar-refractivity contribution in [3.05, 3.63) is 59.4 Å². The SMILES string of the molecule is O=C(CN1N=N[C@@H]2C(=O)N(c3ccc(Cl)cc3)C(=O)[C@H]21)Nc1ccc(F)cc1. The topological polar surface area (TPSA) is 94.4 Å². The minimum Gasteiger partial charge on any atom is -0.324 e. The van der Waals surface area contributed by atoms with Crippen molar-refractivity contribution in [2.24, 2.45) is 10.3 Å². The van der Waals surface area contributed by atoms with Gasteiger partial charge in [-0.05, 0) is 48.5 Å². The van der Waals surface area contributed by atoms with Crippen LogP contribution < -0.4 is 10.2 Å². The summed E-state index contributed by atoms with van der Waals surface area (Å²) >= 11 is 5.85. The van der Waals surface area contributed by atoms with Crippen LogP contribution in [0.15, 0.2) is 58.9 Å². The third kappa shape index (κ3) is 3.20. The lowest BCUT2D eigenvalue weighted by molar-refractivity contribution is -0.123. The number of nitrogens with one attached hydrogen (secondary N) is 1. The van der Waals surface area contributed by atoms with E-state index in [0.29, 0.717) is 16.4 Å². The van der Waals surface area contributed by atoms with Gasteiger partial charge in [0.2, 0.25) is 5.91 Å². The Morgan fingerprint density at radius 2 is 1.75 bits per heavy atom. The van der Waals surface area contributed by atoms with Crippen LogP contribution in [-0.4, -0.2) is 41.4 Å². The van der Waals surface area contributed by atoms with Gasteiger partial charge in [0.05, 0.1) is 5.69 Å². The number of hydrogen-bond donors (Lipinski definition) is 1. The molecule has 0 radical (unpaired) electrons. The lowest BCUT2D eigenvalue weighted by atomic mass is 10.1. The molecule has 0 bridgehead atoms. The van der Waals surface area contributed by atoms with Crippen molar-refractivity contribution >= 4 is 40.7 Å². The molecule has 142 valence electrons. The van der Waals surface area contributed by atoms with Gasteiger partial charge in [-0.3, -0.25) is 19.4 Å². The average Bonchev–Trinajstić information content (AvgIpc) is 3.18. The fourth-order valence-electron chi connectivity index (χ4n) is 3.08. The van der Waals surface area contributed by atoms with Crippen molar-refractivity contribution in [1.29, 1.82) is 0 Å². The summed E-state index contributed by atoms with van der Waals surface area (Å²) in [6.07, 6.45) is 0. The van der Waals surface area contributed by atoms with E-state index in [9.17, 15) is 18.8 Å². The molecule has 3 amide bonds. The molecule has 0 aliphatic carbocycles. The van der Waals surface area contributed by atoms with Gasteiger partial charge in [-0.1, -0.05) is 16.8 Å². The smallest absolute Gasteiger partial charge is 0.263 e. The summed E-state index contributed by atoms with van der Waals surface area (Å²) in [5.74, 6) is -1.93. The third-order valence-corrected chi connectivity index (χ3v) is 4.63. The number of benzene rings is 2. The summed E-state index contributed by atoms with van der Waals surface area (Å²) in [5, 5.41) is 11.9. The maximum absolute atomic E-state index is 12.9. The van der Waals surface area contributed by atoms with E-state index in [4.69, 9.17) is 11.6 Å². The third-order valence-electron chi connectivity index (χ3n) is 4.38. The van der Waals surface area contributed by atoms with Crippen molar-refractivity contribution in [3.63, 3.8) is 0 Å². The van der Waals surface area contributed by atoms with Crippen molar-refractivity contribution in [2.45, 2.75) is 12.1 Å². The highest BCUT2D eigenvalue weighted by atomic mass is 35.5. The van der Waals surface area contributed by atoms with Crippen LogP contribution in [0.1, 0.15) is 0 Å². The van der Waals surface area contributed by atoms with Crippen LogP contribution in [-0.2, 0) is 14.4 Å². The number of fused-ring (bicyclic) bond motifs is 1. The summed E-state index contributed by atoms with van der Waals surface area (Å²) in [5.41, 5.74) is 0.774. The monoisotopic (exact) mass is 401 g/mol. The predicted molar refractivity (Wildman–Crippen MR) is 98.1 cm³/mol. The number of amides is 3. The zero-order chi connectivity index (χ0) is 19.8. The van der Waals surface area contributed by atoms with Gasteiger partial charge in [0, 0.05) is 10.7 Å². The molecule has 1 saturated heterocycles. The molecule has 28 heavy (non-hydrogen) atoms. The summed E-state index contributed by atoms with van der Waals surface area (Å²) in [6.45, 7) is -0.282. The molecule has 2 aromatic rings. The highest BCUT2D eigenvalue weighted by Gasteiger charge is 2.55. The fraction of sp³-hybridized carbons (Fsp3) is 0.167. The second-order valence-electron chi connectivity index (χ2n) is 6.24. The highest BCUT2D eigenvalue weighted by molar-refractivity contribution is 6.31. The van der Waals surface area contributed by atoms with Crippen LogP contribution in [0, 0.1) is 5.82 Å². The van der Waals surface area contributed by atoms with Gasteiger partial charge in [-0.25, -0.2) is 9.29 Å². The lowest BCUT2D eigenvalue weighted by Crippen LogP contribution is -2.43. The standard InChI is InChI=1S/C18H13ClFN5O3/c19-10-1-7-13(8-2-10)25-17(27)15-16(18(25)28)24(23-22-15)9-14(26)21-12-5-3-11(20)4-6-12/h1-8,15-16H,9H2,(H,21,26)/t15-,16-/m0/s1. The van der Waals surface area contributed by atoms with E-state index in [2.05, 4.69) is 15.7 Å². The second kappa shape index (κ2) is 7.01. The molecule has 2 aromatic carbocycles. The molecule has 8 nitrogen and oxygen atoms in total. The minimum absolute atomic E-state index is 0.282. The first kappa shape index (κ1) is 18.1. The van der Waals surface area contributed by atoms with Crippen LogP contribution >= 0.6 is 11.6 Å². The minimum atomic E-state index is -0.998. The Hall–Kier alpha value is -3.33. The van der Waals surface area contributed by atoms with E-state index < -0.39 is 35.6 Å². The Morgan fingerprint density at radius 1 is 1.07 bits per heavy atom. The molecule has 0 saturated carbocycles. The molecule has 0 aromatic heterocycles. The van der Waals surface area contributed by atoms with Gasteiger partial charge in [0.15, 0.2) is 12.1 Å². The number of nitrogens with zero attached hydrogens (tertiary/aromatic N) is 4. The van der Waals surface area contributed by atoms with Crippen LogP contribution in [0.25, 0.3) is 0 Å². The second-order valence-corrected chi connectivity index (χ2v) is 6.67. The van der Waals surface area contributed by atoms with E-state index in [1.807, 2.05) is 0 Å². The quantitative estimate of drug-likeness (QED) is 0.796. The number of halogens is 2. The number of imide groups is 1. The van der Waals surface area contributed by atoms with Crippen molar-refractivity contribution < 1.29 is 18.8 Å². The molecule has 2 atom stereocenters. The van der Waals surface area contributed by atoms with Gasteiger partial charge in [0.1, 0.15) is 12.4 Å². The maximum Gasteiger partial charge on any atom is 0.263 e. The molecule has 2 aliphatic rings. The Morgan fingerprint density at radius 3 is 2.43 bits per heavy atom. The number of rotatable bonds is 4.